The van der Waals surface area contributed by atoms with Crippen LogP contribution in [0.2, 0.25) is 0 Å². The molecule has 1 aromatic heterocycles. The van der Waals surface area contributed by atoms with Crippen LogP contribution in [0.15, 0.2) is 12.4 Å². The Labute approximate surface area is 106 Å². The molecule has 3 N–H and O–H groups in total. The summed E-state index contributed by atoms with van der Waals surface area (Å²) in [6.07, 6.45) is 7.11. The maximum atomic E-state index is 11.5. The summed E-state index contributed by atoms with van der Waals surface area (Å²) in [5.41, 5.74) is 6.09. The zero-order valence-electron chi connectivity index (χ0n) is 10.5. The predicted molar refractivity (Wildman–Crippen MR) is 68.1 cm³/mol. The van der Waals surface area contributed by atoms with Gasteiger partial charge in [-0.1, -0.05) is 0 Å². The number of nitrogens with two attached hydrogens (primary N) is 1. The summed E-state index contributed by atoms with van der Waals surface area (Å²) in [6.45, 7) is 2.12. The molecule has 0 radical (unpaired) electrons. The van der Waals surface area contributed by atoms with Gasteiger partial charge in [-0.2, -0.15) is 5.10 Å². The zero-order chi connectivity index (χ0) is 12.8. The van der Waals surface area contributed by atoms with Crippen LogP contribution in [0.4, 0.5) is 5.69 Å². The number of nitrogens with zero attached hydrogens (tertiary/aromatic N) is 2. The lowest BCUT2D eigenvalue weighted by molar-refractivity contribution is -0.116. The third kappa shape index (κ3) is 3.82. The Bertz CT molecular complexity index is 385. The van der Waals surface area contributed by atoms with Crippen LogP contribution in [0.3, 0.4) is 0 Å². The van der Waals surface area contributed by atoms with Gasteiger partial charge in [-0.25, -0.2) is 0 Å². The molecular weight excluding hydrogens is 232 g/mol. The van der Waals surface area contributed by atoms with E-state index < -0.39 is 0 Å². The van der Waals surface area contributed by atoms with Crippen molar-refractivity contribution in [1.29, 1.82) is 0 Å². The van der Waals surface area contributed by atoms with Crippen molar-refractivity contribution in [2.45, 2.75) is 38.3 Å². The first-order chi connectivity index (χ1) is 8.78. The molecule has 18 heavy (non-hydrogen) atoms. The van der Waals surface area contributed by atoms with Gasteiger partial charge in [0.2, 0.25) is 5.91 Å². The topological polar surface area (TPSA) is 82.2 Å². The van der Waals surface area contributed by atoms with Crippen LogP contribution in [0.1, 0.15) is 25.7 Å². The second-order valence-electron chi connectivity index (χ2n) is 4.53. The number of carbonyl (C=O) groups is 1. The fourth-order valence-electron chi connectivity index (χ4n) is 2.01. The van der Waals surface area contributed by atoms with Crippen LogP contribution in [0.5, 0.6) is 0 Å². The Morgan fingerprint density at radius 1 is 1.67 bits per heavy atom. The third-order valence-electron chi connectivity index (χ3n) is 2.94. The lowest BCUT2D eigenvalue weighted by Gasteiger charge is -2.08. The first-order valence-corrected chi connectivity index (χ1v) is 6.42. The van der Waals surface area contributed by atoms with Crippen LogP contribution >= 0.6 is 0 Å². The summed E-state index contributed by atoms with van der Waals surface area (Å²) in [7, 11) is 0. The minimum absolute atomic E-state index is 0.0166. The molecule has 100 valence electrons. The van der Waals surface area contributed by atoms with E-state index in [2.05, 4.69) is 10.4 Å². The SMILES string of the molecule is NCCCC(=O)Nc1cnn(CC2CCCO2)c1. The quantitative estimate of drug-likeness (QED) is 0.782. The number of carbonyl (C=O) groups excluding carboxylic acids is 1. The van der Waals surface area contributed by atoms with Crippen molar-refractivity contribution in [3.63, 3.8) is 0 Å². The Morgan fingerprint density at radius 2 is 2.56 bits per heavy atom. The molecule has 2 heterocycles. The van der Waals surface area contributed by atoms with Gasteiger partial charge in [0.25, 0.3) is 0 Å². The fraction of sp³-hybridized carbons (Fsp3) is 0.667. The van der Waals surface area contributed by atoms with Gasteiger partial charge >= 0.3 is 0 Å². The highest BCUT2D eigenvalue weighted by molar-refractivity contribution is 5.90. The Balaban J connectivity index is 1.79. The van der Waals surface area contributed by atoms with E-state index in [-0.39, 0.29) is 12.0 Å². The molecule has 0 spiro atoms. The van der Waals surface area contributed by atoms with E-state index in [1.54, 1.807) is 6.20 Å². The molecule has 0 bridgehead atoms. The van der Waals surface area contributed by atoms with Crippen LogP contribution in [-0.2, 0) is 16.1 Å². The van der Waals surface area contributed by atoms with Crippen molar-refractivity contribution in [2.24, 2.45) is 5.73 Å². The number of aromatic nitrogens is 2. The fourth-order valence-corrected chi connectivity index (χ4v) is 2.01. The molecule has 1 atom stereocenters. The number of ether oxygens (including phenoxy) is 1. The van der Waals surface area contributed by atoms with Crippen molar-refractivity contribution < 1.29 is 9.53 Å². The number of hydrogen-bond donors (Lipinski definition) is 2. The highest BCUT2D eigenvalue weighted by Gasteiger charge is 2.16. The van der Waals surface area contributed by atoms with Gasteiger partial charge in [-0.15, -0.1) is 0 Å². The van der Waals surface area contributed by atoms with E-state index in [9.17, 15) is 4.79 Å². The second kappa shape index (κ2) is 6.51. The van der Waals surface area contributed by atoms with Crippen molar-refractivity contribution in [2.75, 3.05) is 18.5 Å². The summed E-state index contributed by atoms with van der Waals surface area (Å²) < 4.78 is 7.35. The van der Waals surface area contributed by atoms with Gasteiger partial charge in [-0.3, -0.25) is 9.48 Å². The van der Waals surface area contributed by atoms with E-state index in [4.69, 9.17) is 10.5 Å². The molecular formula is C12H20N4O2. The predicted octanol–water partition coefficient (Wildman–Crippen LogP) is 0.739. The van der Waals surface area contributed by atoms with E-state index in [0.717, 1.165) is 31.7 Å². The smallest absolute Gasteiger partial charge is 0.224 e. The number of nitrogens with one attached hydrogen (secondary N) is 1. The van der Waals surface area contributed by atoms with Gasteiger partial charge in [0.1, 0.15) is 0 Å². The van der Waals surface area contributed by atoms with Crippen LogP contribution in [0.25, 0.3) is 0 Å². The Morgan fingerprint density at radius 3 is 3.28 bits per heavy atom. The van der Waals surface area contributed by atoms with Crippen molar-refractivity contribution >= 4 is 11.6 Å². The summed E-state index contributed by atoms with van der Waals surface area (Å²) in [5.74, 6) is -0.0166. The number of anilines is 1. The van der Waals surface area contributed by atoms with Gasteiger partial charge in [0, 0.05) is 19.2 Å². The highest BCUT2D eigenvalue weighted by atomic mass is 16.5. The molecule has 1 unspecified atom stereocenters. The number of rotatable bonds is 6. The minimum atomic E-state index is -0.0166. The van der Waals surface area contributed by atoms with Crippen molar-refractivity contribution in [3.05, 3.63) is 12.4 Å². The molecule has 1 amide bonds. The molecule has 0 saturated carbocycles. The molecule has 6 nitrogen and oxygen atoms in total. The first-order valence-electron chi connectivity index (χ1n) is 6.42. The van der Waals surface area contributed by atoms with Gasteiger partial charge in [-0.05, 0) is 25.8 Å². The normalized spacial score (nSPS) is 19.1. The number of hydrogen-bond acceptors (Lipinski definition) is 4. The summed E-state index contributed by atoms with van der Waals surface area (Å²) in [6, 6.07) is 0. The monoisotopic (exact) mass is 252 g/mol. The molecule has 1 fully saturated rings. The molecule has 0 aromatic carbocycles. The van der Waals surface area contributed by atoms with Crippen LogP contribution in [-0.4, -0.2) is 34.9 Å². The van der Waals surface area contributed by atoms with Crippen LogP contribution in [0, 0.1) is 0 Å². The largest absolute Gasteiger partial charge is 0.376 e. The summed E-state index contributed by atoms with van der Waals surface area (Å²) in [4.78, 5) is 11.5. The average molecular weight is 252 g/mol. The third-order valence-corrected chi connectivity index (χ3v) is 2.94. The van der Waals surface area contributed by atoms with Gasteiger partial charge in [0.15, 0.2) is 0 Å². The molecule has 1 aliphatic rings. The lowest BCUT2D eigenvalue weighted by Crippen LogP contribution is -2.15. The van der Waals surface area contributed by atoms with E-state index in [1.165, 1.54) is 0 Å². The standard InChI is InChI=1S/C12H20N4O2/c13-5-1-4-12(17)15-10-7-14-16(8-10)9-11-3-2-6-18-11/h7-8,11H,1-6,9,13H2,(H,15,17). The molecule has 6 heteroatoms. The summed E-state index contributed by atoms with van der Waals surface area (Å²) >= 11 is 0. The zero-order valence-corrected chi connectivity index (χ0v) is 10.5. The Hall–Kier alpha value is -1.40. The minimum Gasteiger partial charge on any atom is -0.376 e. The van der Waals surface area contributed by atoms with E-state index in [0.29, 0.717) is 19.4 Å². The Kier molecular flexibility index (Phi) is 4.72. The highest BCUT2D eigenvalue weighted by Crippen LogP contribution is 2.15. The van der Waals surface area contributed by atoms with Crippen molar-refractivity contribution in [3.8, 4) is 0 Å². The van der Waals surface area contributed by atoms with Gasteiger partial charge in [0.05, 0.1) is 24.5 Å². The summed E-state index contributed by atoms with van der Waals surface area (Å²) in [5, 5.41) is 7.01. The number of amides is 1. The van der Waals surface area contributed by atoms with E-state index >= 15 is 0 Å². The molecule has 2 rings (SSSR count). The van der Waals surface area contributed by atoms with Crippen molar-refractivity contribution in [1.82, 2.24) is 9.78 Å². The maximum absolute atomic E-state index is 11.5. The molecule has 1 aromatic rings. The van der Waals surface area contributed by atoms with E-state index in [1.807, 2.05) is 10.9 Å². The van der Waals surface area contributed by atoms with Gasteiger partial charge < -0.3 is 15.8 Å². The first kappa shape index (κ1) is 13.0. The maximum Gasteiger partial charge on any atom is 0.224 e. The molecule has 1 aliphatic heterocycles. The molecule has 0 aliphatic carbocycles. The van der Waals surface area contributed by atoms with Crippen LogP contribution < -0.4 is 11.1 Å². The molecule has 1 saturated heterocycles. The second-order valence-corrected chi connectivity index (χ2v) is 4.53. The average Bonchev–Trinajstić information content (AvgIpc) is 2.99. The lowest BCUT2D eigenvalue weighted by atomic mass is 10.2.